The summed E-state index contributed by atoms with van der Waals surface area (Å²) in [6.45, 7) is 0.245. The first-order valence-electron chi connectivity index (χ1n) is 8.89. The molecule has 1 aliphatic rings. The summed E-state index contributed by atoms with van der Waals surface area (Å²) < 4.78 is 0. The molecule has 136 valence electrons. The second-order valence-corrected chi connectivity index (χ2v) is 6.53. The van der Waals surface area contributed by atoms with E-state index in [1.54, 1.807) is 42.6 Å². The van der Waals surface area contributed by atoms with Gasteiger partial charge in [-0.25, -0.2) is 4.98 Å². The maximum atomic E-state index is 13.0. The molecule has 0 aliphatic carbocycles. The van der Waals surface area contributed by atoms with E-state index >= 15 is 0 Å². The minimum atomic E-state index is -0.155. The van der Waals surface area contributed by atoms with E-state index in [0.29, 0.717) is 22.5 Å². The molecule has 0 radical (unpaired) electrons. The molecule has 0 amide bonds. The van der Waals surface area contributed by atoms with Crippen LogP contribution >= 0.6 is 0 Å². The number of pyridine rings is 1. The van der Waals surface area contributed by atoms with Crippen molar-refractivity contribution in [1.29, 1.82) is 5.26 Å². The zero-order valence-corrected chi connectivity index (χ0v) is 15.0. The average molecular weight is 367 g/mol. The molecular weight excluding hydrogens is 350 g/mol. The molecule has 0 spiro atoms. The van der Waals surface area contributed by atoms with Crippen LogP contribution in [-0.2, 0) is 11.2 Å². The molecule has 0 saturated carbocycles. The van der Waals surface area contributed by atoms with Gasteiger partial charge in [0.2, 0.25) is 0 Å². The maximum Gasteiger partial charge on any atom is 0.168 e. The van der Waals surface area contributed by atoms with Gasteiger partial charge >= 0.3 is 0 Å². The Hall–Kier alpha value is -3.91. The molecule has 0 atom stereocenters. The molecule has 2 aromatic carbocycles. The minimum Gasteiger partial charge on any atom is -0.507 e. The molecule has 1 N–H and O–H groups in total. The normalized spacial score (nSPS) is 13.0. The molecule has 0 fully saturated rings. The smallest absolute Gasteiger partial charge is 0.168 e. The van der Waals surface area contributed by atoms with Gasteiger partial charge in [-0.3, -0.25) is 4.79 Å². The zero-order chi connectivity index (χ0) is 19.5. The van der Waals surface area contributed by atoms with Crippen LogP contribution in [0.5, 0.6) is 0 Å². The molecule has 3 aromatic rings. The highest BCUT2D eigenvalue weighted by Crippen LogP contribution is 2.36. The SMILES string of the molecule is N#Cc1ccc(CC(=O)C2=C(O)c3cccnc3N(c3ccccc3)C2)cc1. The fraction of sp³-hybridized carbons (Fsp3) is 0.0870. The number of anilines is 2. The standard InChI is InChI=1S/C23H17N3O2/c24-14-17-10-8-16(9-11-17)13-21(27)20-15-26(18-5-2-1-3-6-18)23-19(22(20)28)7-4-12-25-23/h1-12,28H,13,15H2. The predicted octanol–water partition coefficient (Wildman–Crippen LogP) is 4.19. The van der Waals surface area contributed by atoms with Gasteiger partial charge in [0.1, 0.15) is 11.6 Å². The lowest BCUT2D eigenvalue weighted by Gasteiger charge is -2.31. The molecule has 4 rings (SSSR count). The number of para-hydroxylation sites is 1. The highest BCUT2D eigenvalue weighted by Gasteiger charge is 2.29. The fourth-order valence-electron chi connectivity index (χ4n) is 3.30. The van der Waals surface area contributed by atoms with Gasteiger partial charge in [-0.05, 0) is 42.0 Å². The first kappa shape index (κ1) is 17.5. The second kappa shape index (κ2) is 7.37. The number of Topliss-reactive ketones (excluding diaryl/α,β-unsaturated/α-hetero) is 1. The van der Waals surface area contributed by atoms with E-state index < -0.39 is 0 Å². The van der Waals surface area contributed by atoms with E-state index in [0.717, 1.165) is 11.3 Å². The fourth-order valence-corrected chi connectivity index (χ4v) is 3.30. The average Bonchev–Trinajstić information content (AvgIpc) is 2.75. The number of rotatable bonds is 4. The van der Waals surface area contributed by atoms with Gasteiger partial charge < -0.3 is 10.0 Å². The number of aliphatic hydroxyl groups excluding tert-OH is 1. The van der Waals surface area contributed by atoms with Gasteiger partial charge in [0.25, 0.3) is 0 Å². The number of nitrogens with zero attached hydrogens (tertiary/aromatic N) is 3. The number of carbonyl (C=O) groups excluding carboxylic acids is 1. The Bertz CT molecular complexity index is 1100. The van der Waals surface area contributed by atoms with Crippen LogP contribution in [-0.4, -0.2) is 22.4 Å². The van der Waals surface area contributed by atoms with Gasteiger partial charge in [0.15, 0.2) is 5.78 Å². The Morgan fingerprint density at radius 2 is 1.82 bits per heavy atom. The number of aliphatic hydroxyl groups is 1. The van der Waals surface area contributed by atoms with E-state index in [1.165, 1.54) is 0 Å². The van der Waals surface area contributed by atoms with Crippen molar-refractivity contribution >= 4 is 23.0 Å². The topological polar surface area (TPSA) is 77.2 Å². The Kier molecular flexibility index (Phi) is 4.61. The van der Waals surface area contributed by atoms with E-state index in [4.69, 9.17) is 5.26 Å². The van der Waals surface area contributed by atoms with Crippen molar-refractivity contribution in [3.63, 3.8) is 0 Å². The summed E-state index contributed by atoms with van der Waals surface area (Å²) in [7, 11) is 0. The van der Waals surface area contributed by atoms with Crippen LogP contribution in [0.4, 0.5) is 11.5 Å². The number of ketones is 1. The van der Waals surface area contributed by atoms with Crippen molar-refractivity contribution in [1.82, 2.24) is 4.98 Å². The Balaban J connectivity index is 1.69. The monoisotopic (exact) mass is 367 g/mol. The molecule has 1 aromatic heterocycles. The van der Waals surface area contributed by atoms with Gasteiger partial charge in [0.05, 0.1) is 29.3 Å². The number of fused-ring (bicyclic) bond motifs is 1. The van der Waals surface area contributed by atoms with Crippen LogP contribution in [0.15, 0.2) is 78.5 Å². The summed E-state index contributed by atoms with van der Waals surface area (Å²) in [5.41, 5.74) is 3.15. The summed E-state index contributed by atoms with van der Waals surface area (Å²) in [5.74, 6) is 0.452. The largest absolute Gasteiger partial charge is 0.507 e. The van der Waals surface area contributed by atoms with Crippen molar-refractivity contribution in [2.75, 3.05) is 11.4 Å². The number of carbonyl (C=O) groups is 1. The van der Waals surface area contributed by atoms with Crippen LogP contribution in [0.1, 0.15) is 16.7 Å². The molecule has 5 nitrogen and oxygen atoms in total. The molecule has 2 heterocycles. The lowest BCUT2D eigenvalue weighted by atomic mass is 9.95. The molecular formula is C23H17N3O2. The Morgan fingerprint density at radius 3 is 2.54 bits per heavy atom. The second-order valence-electron chi connectivity index (χ2n) is 6.53. The van der Waals surface area contributed by atoms with Gasteiger partial charge in [-0.1, -0.05) is 30.3 Å². The first-order chi connectivity index (χ1) is 13.7. The third-order valence-electron chi connectivity index (χ3n) is 4.75. The summed E-state index contributed by atoms with van der Waals surface area (Å²) >= 11 is 0. The van der Waals surface area contributed by atoms with Crippen LogP contribution in [0.2, 0.25) is 0 Å². The Labute approximate surface area is 162 Å². The van der Waals surface area contributed by atoms with Crippen molar-refractivity contribution < 1.29 is 9.90 Å². The van der Waals surface area contributed by atoms with Gasteiger partial charge in [-0.2, -0.15) is 5.26 Å². The summed E-state index contributed by atoms with van der Waals surface area (Å²) in [4.78, 5) is 19.3. The number of benzene rings is 2. The molecule has 0 unspecified atom stereocenters. The van der Waals surface area contributed by atoms with E-state index in [2.05, 4.69) is 11.1 Å². The number of hydrogen-bond acceptors (Lipinski definition) is 5. The number of aromatic nitrogens is 1. The van der Waals surface area contributed by atoms with Gasteiger partial charge in [0, 0.05) is 18.3 Å². The highest BCUT2D eigenvalue weighted by atomic mass is 16.3. The number of nitriles is 1. The van der Waals surface area contributed by atoms with Crippen LogP contribution in [0.3, 0.4) is 0 Å². The van der Waals surface area contributed by atoms with Crippen molar-refractivity contribution in [2.24, 2.45) is 0 Å². The third-order valence-corrected chi connectivity index (χ3v) is 4.75. The lowest BCUT2D eigenvalue weighted by molar-refractivity contribution is -0.115. The first-order valence-corrected chi connectivity index (χ1v) is 8.89. The molecule has 0 bridgehead atoms. The van der Waals surface area contributed by atoms with Crippen molar-refractivity contribution in [3.8, 4) is 6.07 Å². The molecule has 5 heteroatoms. The van der Waals surface area contributed by atoms with Gasteiger partial charge in [-0.15, -0.1) is 0 Å². The van der Waals surface area contributed by atoms with Crippen LogP contribution < -0.4 is 4.90 Å². The van der Waals surface area contributed by atoms with Crippen molar-refractivity contribution in [2.45, 2.75) is 6.42 Å². The zero-order valence-electron chi connectivity index (χ0n) is 15.0. The van der Waals surface area contributed by atoms with Crippen LogP contribution in [0.25, 0.3) is 5.76 Å². The predicted molar refractivity (Wildman–Crippen MR) is 107 cm³/mol. The van der Waals surface area contributed by atoms with Crippen LogP contribution in [0, 0.1) is 11.3 Å². The lowest BCUT2D eigenvalue weighted by Crippen LogP contribution is -2.30. The molecule has 1 aliphatic heterocycles. The third kappa shape index (κ3) is 3.24. The van der Waals surface area contributed by atoms with E-state index in [1.807, 2.05) is 35.2 Å². The summed E-state index contributed by atoms with van der Waals surface area (Å²) in [5, 5.41) is 19.7. The number of hydrogen-bond donors (Lipinski definition) is 1. The quantitative estimate of drug-likeness (QED) is 0.748. The van der Waals surface area contributed by atoms with E-state index in [-0.39, 0.29) is 24.5 Å². The maximum absolute atomic E-state index is 13.0. The molecule has 0 saturated heterocycles. The Morgan fingerprint density at radius 1 is 1.07 bits per heavy atom. The summed E-state index contributed by atoms with van der Waals surface area (Å²) in [6.07, 6.45) is 1.83. The highest BCUT2D eigenvalue weighted by molar-refractivity contribution is 6.05. The van der Waals surface area contributed by atoms with Crippen molar-refractivity contribution in [3.05, 3.63) is 95.2 Å². The summed E-state index contributed by atoms with van der Waals surface area (Å²) in [6, 6.07) is 22.2. The van der Waals surface area contributed by atoms with E-state index in [9.17, 15) is 9.90 Å². The minimum absolute atomic E-state index is 0.0195. The molecule has 28 heavy (non-hydrogen) atoms.